The van der Waals surface area contributed by atoms with Crippen LogP contribution in [-0.2, 0) is 11.2 Å². The van der Waals surface area contributed by atoms with Crippen molar-refractivity contribution in [1.82, 2.24) is 0 Å². The topological polar surface area (TPSA) is 40.5 Å². The number of phenols is 1. The van der Waals surface area contributed by atoms with Crippen LogP contribution in [0.25, 0.3) is 0 Å². The van der Waals surface area contributed by atoms with E-state index in [1.54, 1.807) is 23.1 Å². The summed E-state index contributed by atoms with van der Waals surface area (Å²) >= 11 is 0. The maximum atomic E-state index is 12.3. The average molecular weight is 269 g/mol. The van der Waals surface area contributed by atoms with Crippen LogP contribution in [0.15, 0.2) is 54.6 Å². The minimum Gasteiger partial charge on any atom is -0.508 e. The van der Waals surface area contributed by atoms with Gasteiger partial charge in [-0.3, -0.25) is 4.79 Å². The van der Waals surface area contributed by atoms with Crippen molar-refractivity contribution in [1.29, 1.82) is 0 Å². The lowest BCUT2D eigenvalue weighted by atomic mass is 10.1. The summed E-state index contributed by atoms with van der Waals surface area (Å²) in [7, 11) is 0. The summed E-state index contributed by atoms with van der Waals surface area (Å²) in [5.41, 5.74) is 1.90. The molecular formula is C17H19NO2. The van der Waals surface area contributed by atoms with Gasteiger partial charge < -0.3 is 10.0 Å². The van der Waals surface area contributed by atoms with E-state index in [2.05, 4.69) is 0 Å². The van der Waals surface area contributed by atoms with Gasteiger partial charge >= 0.3 is 0 Å². The van der Waals surface area contributed by atoms with E-state index in [1.807, 2.05) is 43.3 Å². The molecule has 0 saturated heterocycles. The number of amides is 1. The van der Waals surface area contributed by atoms with Gasteiger partial charge in [-0.15, -0.1) is 0 Å². The third-order valence-electron chi connectivity index (χ3n) is 3.23. The van der Waals surface area contributed by atoms with Crippen LogP contribution in [0.5, 0.6) is 5.75 Å². The van der Waals surface area contributed by atoms with Gasteiger partial charge in [0.15, 0.2) is 0 Å². The number of nitrogens with zero attached hydrogens (tertiary/aromatic N) is 1. The minimum atomic E-state index is 0.0713. The Morgan fingerprint density at radius 3 is 2.50 bits per heavy atom. The second-order valence-corrected chi connectivity index (χ2v) is 4.64. The lowest BCUT2D eigenvalue weighted by molar-refractivity contribution is -0.118. The second-order valence-electron chi connectivity index (χ2n) is 4.64. The van der Waals surface area contributed by atoms with Crippen LogP contribution in [0.4, 0.5) is 5.69 Å². The molecule has 0 bridgehead atoms. The molecule has 2 aromatic carbocycles. The highest BCUT2D eigenvalue weighted by molar-refractivity contribution is 5.93. The molecule has 0 saturated carbocycles. The first kappa shape index (κ1) is 14.1. The van der Waals surface area contributed by atoms with Gasteiger partial charge in [0.1, 0.15) is 5.75 Å². The third-order valence-corrected chi connectivity index (χ3v) is 3.23. The predicted octanol–water partition coefficient (Wildman–Crippen LogP) is 3.38. The van der Waals surface area contributed by atoms with Crippen molar-refractivity contribution in [3.8, 4) is 5.75 Å². The van der Waals surface area contributed by atoms with E-state index in [9.17, 15) is 9.90 Å². The zero-order valence-electron chi connectivity index (χ0n) is 11.6. The van der Waals surface area contributed by atoms with Gasteiger partial charge in [0, 0.05) is 24.7 Å². The summed E-state index contributed by atoms with van der Waals surface area (Å²) in [6.07, 6.45) is 1.20. The number of hydrogen-bond donors (Lipinski definition) is 1. The number of carbonyl (C=O) groups is 1. The number of aromatic hydroxyl groups is 1. The fourth-order valence-corrected chi connectivity index (χ4v) is 2.19. The molecule has 2 rings (SSSR count). The molecule has 0 atom stereocenters. The quantitative estimate of drug-likeness (QED) is 0.904. The molecule has 0 aromatic heterocycles. The lowest BCUT2D eigenvalue weighted by Gasteiger charge is -2.21. The predicted molar refractivity (Wildman–Crippen MR) is 80.9 cm³/mol. The van der Waals surface area contributed by atoms with Crippen LogP contribution in [0.1, 0.15) is 18.9 Å². The maximum absolute atomic E-state index is 12.3. The largest absolute Gasteiger partial charge is 0.508 e. The Kier molecular flexibility index (Phi) is 4.77. The van der Waals surface area contributed by atoms with Crippen molar-refractivity contribution in [2.45, 2.75) is 19.8 Å². The number of anilines is 1. The molecule has 3 nitrogen and oxygen atoms in total. The average Bonchev–Trinajstić information content (AvgIpc) is 2.47. The first-order valence-electron chi connectivity index (χ1n) is 6.84. The van der Waals surface area contributed by atoms with E-state index >= 15 is 0 Å². The molecule has 0 aliphatic rings. The number of rotatable bonds is 5. The lowest BCUT2D eigenvalue weighted by Crippen LogP contribution is -2.30. The Morgan fingerprint density at radius 1 is 1.10 bits per heavy atom. The van der Waals surface area contributed by atoms with Gasteiger partial charge in [-0.25, -0.2) is 0 Å². The summed E-state index contributed by atoms with van der Waals surface area (Å²) < 4.78 is 0. The fraction of sp³-hybridized carbons (Fsp3) is 0.235. The fourth-order valence-electron chi connectivity index (χ4n) is 2.19. The van der Waals surface area contributed by atoms with E-state index in [0.29, 0.717) is 13.0 Å². The SMILES string of the molecule is CCN(C(=O)CCc1ccccc1)c1cccc(O)c1. The highest BCUT2D eigenvalue weighted by Gasteiger charge is 2.14. The number of aryl methyl sites for hydroxylation is 1. The van der Waals surface area contributed by atoms with Gasteiger partial charge in [-0.05, 0) is 31.0 Å². The molecule has 0 spiro atoms. The van der Waals surface area contributed by atoms with Crippen LogP contribution in [-0.4, -0.2) is 17.6 Å². The van der Waals surface area contributed by atoms with Crippen LogP contribution >= 0.6 is 0 Å². The van der Waals surface area contributed by atoms with Gasteiger partial charge in [-0.2, -0.15) is 0 Å². The van der Waals surface area contributed by atoms with Crippen molar-refractivity contribution >= 4 is 11.6 Å². The van der Waals surface area contributed by atoms with E-state index in [-0.39, 0.29) is 11.7 Å². The number of carbonyl (C=O) groups excluding carboxylic acids is 1. The molecule has 104 valence electrons. The maximum Gasteiger partial charge on any atom is 0.227 e. The molecule has 2 aromatic rings. The monoisotopic (exact) mass is 269 g/mol. The highest BCUT2D eigenvalue weighted by atomic mass is 16.3. The molecule has 0 fully saturated rings. The third kappa shape index (κ3) is 3.60. The first-order valence-corrected chi connectivity index (χ1v) is 6.84. The van der Waals surface area contributed by atoms with Gasteiger partial charge in [0.2, 0.25) is 5.91 Å². The number of hydrogen-bond acceptors (Lipinski definition) is 2. The Hall–Kier alpha value is -2.29. The minimum absolute atomic E-state index is 0.0713. The highest BCUT2D eigenvalue weighted by Crippen LogP contribution is 2.21. The molecular weight excluding hydrogens is 250 g/mol. The van der Waals surface area contributed by atoms with Gasteiger partial charge in [0.05, 0.1) is 0 Å². The Balaban J connectivity index is 2.02. The van der Waals surface area contributed by atoms with Crippen LogP contribution in [0.3, 0.4) is 0 Å². The van der Waals surface area contributed by atoms with Gasteiger partial charge in [-0.1, -0.05) is 36.4 Å². The van der Waals surface area contributed by atoms with Crippen molar-refractivity contribution < 1.29 is 9.90 Å². The smallest absolute Gasteiger partial charge is 0.227 e. The molecule has 0 heterocycles. The number of benzene rings is 2. The standard InChI is InChI=1S/C17H19NO2/c1-2-18(15-9-6-10-16(19)13-15)17(20)12-11-14-7-4-3-5-8-14/h3-10,13,19H,2,11-12H2,1H3. The molecule has 0 aliphatic carbocycles. The summed E-state index contributed by atoms with van der Waals surface area (Å²) in [5.74, 6) is 0.249. The van der Waals surface area contributed by atoms with E-state index < -0.39 is 0 Å². The molecule has 3 heteroatoms. The summed E-state index contributed by atoms with van der Waals surface area (Å²) in [4.78, 5) is 14.0. The zero-order chi connectivity index (χ0) is 14.4. The molecule has 20 heavy (non-hydrogen) atoms. The summed E-state index contributed by atoms with van der Waals surface area (Å²) in [6.45, 7) is 2.53. The Bertz CT molecular complexity index is 566. The zero-order valence-corrected chi connectivity index (χ0v) is 11.6. The van der Waals surface area contributed by atoms with Crippen LogP contribution in [0, 0.1) is 0 Å². The first-order chi connectivity index (χ1) is 9.70. The summed E-state index contributed by atoms with van der Waals surface area (Å²) in [5, 5.41) is 9.51. The normalized spacial score (nSPS) is 10.2. The number of phenolic OH excluding ortho intramolecular Hbond substituents is 1. The molecule has 0 aliphatic heterocycles. The second kappa shape index (κ2) is 6.75. The van der Waals surface area contributed by atoms with Crippen molar-refractivity contribution in [3.05, 3.63) is 60.2 Å². The molecule has 0 unspecified atom stereocenters. The van der Waals surface area contributed by atoms with E-state index in [4.69, 9.17) is 0 Å². The Morgan fingerprint density at radius 2 is 1.85 bits per heavy atom. The van der Waals surface area contributed by atoms with Crippen molar-refractivity contribution in [2.24, 2.45) is 0 Å². The summed E-state index contributed by atoms with van der Waals surface area (Å²) in [6, 6.07) is 16.8. The van der Waals surface area contributed by atoms with Crippen molar-refractivity contribution in [3.63, 3.8) is 0 Å². The molecule has 1 N–H and O–H groups in total. The van der Waals surface area contributed by atoms with Crippen LogP contribution < -0.4 is 4.90 Å². The van der Waals surface area contributed by atoms with Crippen molar-refractivity contribution in [2.75, 3.05) is 11.4 Å². The molecule has 0 radical (unpaired) electrons. The van der Waals surface area contributed by atoms with E-state index in [1.165, 1.54) is 0 Å². The molecule has 1 amide bonds. The van der Waals surface area contributed by atoms with Gasteiger partial charge in [0.25, 0.3) is 0 Å². The van der Waals surface area contributed by atoms with Crippen LogP contribution in [0.2, 0.25) is 0 Å². The van der Waals surface area contributed by atoms with E-state index in [0.717, 1.165) is 17.7 Å². The Labute approximate surface area is 119 Å².